The van der Waals surface area contributed by atoms with Crippen molar-refractivity contribution in [2.24, 2.45) is 5.92 Å². The van der Waals surface area contributed by atoms with Gasteiger partial charge in [0.2, 0.25) is 0 Å². The lowest BCUT2D eigenvalue weighted by atomic mass is 9.79. The van der Waals surface area contributed by atoms with Gasteiger partial charge in [0.15, 0.2) is 0 Å². The predicted molar refractivity (Wildman–Crippen MR) is 102 cm³/mol. The summed E-state index contributed by atoms with van der Waals surface area (Å²) in [5, 5.41) is 4.27. The van der Waals surface area contributed by atoms with E-state index < -0.39 is 0 Å². The Balaban J connectivity index is 1.41. The highest BCUT2D eigenvalue weighted by molar-refractivity contribution is 8.01. The Hall–Kier alpha value is -1.37. The molecule has 0 spiro atoms. The number of carbonyl (C=O) groups is 1. The highest BCUT2D eigenvalue weighted by Crippen LogP contribution is 2.34. The third-order valence-electron chi connectivity index (χ3n) is 5.37. The van der Waals surface area contributed by atoms with Crippen LogP contribution in [-0.2, 0) is 0 Å². The summed E-state index contributed by atoms with van der Waals surface area (Å²) < 4.78 is 1.10. The van der Waals surface area contributed by atoms with Gasteiger partial charge in [0.25, 0.3) is 5.91 Å². The monoisotopic (exact) mass is 373 g/mol. The maximum atomic E-state index is 12.7. The Kier molecular flexibility index (Phi) is 4.84. The Bertz CT molecular complexity index is 748. The number of pyridine rings is 1. The molecule has 132 valence electrons. The predicted octanol–water partition coefficient (Wildman–Crippen LogP) is 3.82. The minimum Gasteiger partial charge on any atom is -0.347 e. The topological polar surface area (TPSA) is 45.2 Å². The molecule has 0 radical (unpaired) electrons. The van der Waals surface area contributed by atoms with E-state index in [2.05, 4.69) is 28.2 Å². The molecule has 0 unspecified atom stereocenters. The molecule has 5 rings (SSSR count). The van der Waals surface area contributed by atoms with Crippen LogP contribution in [0.4, 0.5) is 0 Å². The molecule has 2 aromatic heterocycles. The largest absolute Gasteiger partial charge is 0.347 e. The molecule has 2 atom stereocenters. The molecule has 3 aliphatic heterocycles. The molecule has 6 heteroatoms. The molecule has 0 saturated carbocycles. The summed E-state index contributed by atoms with van der Waals surface area (Å²) in [4.78, 5) is 20.4. The van der Waals surface area contributed by atoms with Gasteiger partial charge in [-0.25, -0.2) is 4.98 Å². The molecule has 0 aliphatic carbocycles. The first-order valence-corrected chi connectivity index (χ1v) is 10.5. The number of thiophene rings is 1. The molecule has 25 heavy (non-hydrogen) atoms. The number of piperidine rings is 3. The van der Waals surface area contributed by atoms with Gasteiger partial charge in [-0.05, 0) is 69.5 Å². The number of nitrogens with zero attached hydrogens (tertiary/aromatic N) is 2. The molecule has 4 nitrogen and oxygen atoms in total. The number of aromatic nitrogens is 1. The number of hydrogen-bond donors (Lipinski definition) is 1. The van der Waals surface area contributed by atoms with Gasteiger partial charge in [0.05, 0.1) is 9.09 Å². The third kappa shape index (κ3) is 3.61. The van der Waals surface area contributed by atoms with Crippen LogP contribution in [-0.4, -0.2) is 41.0 Å². The van der Waals surface area contributed by atoms with Crippen molar-refractivity contribution in [2.75, 3.05) is 13.1 Å². The van der Waals surface area contributed by atoms with Crippen LogP contribution >= 0.6 is 23.1 Å². The highest BCUT2D eigenvalue weighted by atomic mass is 32.2. The average molecular weight is 374 g/mol. The maximum absolute atomic E-state index is 12.7. The van der Waals surface area contributed by atoms with Crippen molar-refractivity contribution < 1.29 is 4.79 Å². The summed E-state index contributed by atoms with van der Waals surface area (Å²) in [5.41, 5.74) is 1.15. The lowest BCUT2D eigenvalue weighted by Gasteiger charge is -2.49. The van der Waals surface area contributed by atoms with Gasteiger partial charge in [-0.3, -0.25) is 9.69 Å². The quantitative estimate of drug-likeness (QED) is 0.885. The van der Waals surface area contributed by atoms with Crippen molar-refractivity contribution in [1.82, 2.24) is 15.2 Å². The summed E-state index contributed by atoms with van der Waals surface area (Å²) >= 11 is 3.16. The van der Waals surface area contributed by atoms with Gasteiger partial charge in [-0.15, -0.1) is 11.3 Å². The van der Waals surface area contributed by atoms with Gasteiger partial charge in [-0.2, -0.15) is 0 Å². The molecule has 1 N–H and O–H groups in total. The lowest BCUT2D eigenvalue weighted by molar-refractivity contribution is 0.0218. The van der Waals surface area contributed by atoms with Gasteiger partial charge in [0.1, 0.15) is 5.03 Å². The summed E-state index contributed by atoms with van der Waals surface area (Å²) in [6, 6.07) is 8.77. The summed E-state index contributed by atoms with van der Waals surface area (Å²) in [6.45, 7) is 6.64. The van der Waals surface area contributed by atoms with E-state index in [9.17, 15) is 4.79 Å². The third-order valence-corrected chi connectivity index (χ3v) is 7.54. The Labute approximate surface area is 157 Å². The first-order chi connectivity index (χ1) is 12.1. The van der Waals surface area contributed by atoms with Crippen molar-refractivity contribution in [3.05, 3.63) is 40.9 Å². The fourth-order valence-corrected chi connectivity index (χ4v) is 5.80. The van der Waals surface area contributed by atoms with E-state index in [4.69, 9.17) is 0 Å². The van der Waals surface area contributed by atoms with Crippen LogP contribution in [0.3, 0.4) is 0 Å². The van der Waals surface area contributed by atoms with E-state index in [1.54, 1.807) is 23.1 Å². The molecule has 3 aliphatic rings. The molecule has 5 heterocycles. The molecular weight excluding hydrogens is 350 g/mol. The van der Waals surface area contributed by atoms with E-state index >= 15 is 0 Å². The fourth-order valence-electron chi connectivity index (χ4n) is 3.88. The Morgan fingerprint density at radius 3 is 2.76 bits per heavy atom. The Morgan fingerprint density at radius 2 is 2.08 bits per heavy atom. The van der Waals surface area contributed by atoms with Crippen molar-refractivity contribution in [3.8, 4) is 0 Å². The number of hydrogen-bond acceptors (Lipinski definition) is 5. The highest BCUT2D eigenvalue weighted by Gasteiger charge is 2.40. The number of carbonyl (C=O) groups excluding carboxylic acids is 1. The second-order valence-corrected chi connectivity index (χ2v) is 9.41. The molecule has 2 aromatic rings. The molecule has 3 fully saturated rings. The van der Waals surface area contributed by atoms with Crippen molar-refractivity contribution in [1.29, 1.82) is 0 Å². The molecule has 3 saturated heterocycles. The van der Waals surface area contributed by atoms with E-state index in [-0.39, 0.29) is 11.9 Å². The van der Waals surface area contributed by atoms with Gasteiger partial charge < -0.3 is 5.32 Å². The number of amides is 1. The van der Waals surface area contributed by atoms with Crippen molar-refractivity contribution in [2.45, 2.75) is 48.0 Å². The first-order valence-electron chi connectivity index (χ1n) is 8.85. The summed E-state index contributed by atoms with van der Waals surface area (Å²) in [6.07, 6.45) is 4.29. The Morgan fingerprint density at radius 1 is 1.28 bits per heavy atom. The number of aryl methyl sites for hydroxylation is 1. The molecule has 2 bridgehead atoms. The van der Waals surface area contributed by atoms with Gasteiger partial charge in [-0.1, -0.05) is 17.8 Å². The zero-order chi connectivity index (χ0) is 17.4. The molecular formula is C19H23N3OS2. The smallest absolute Gasteiger partial charge is 0.261 e. The fraction of sp³-hybridized carbons (Fsp3) is 0.474. The molecule has 0 aromatic carbocycles. The normalized spacial score (nSPS) is 28.1. The van der Waals surface area contributed by atoms with Crippen LogP contribution in [0.25, 0.3) is 0 Å². The summed E-state index contributed by atoms with van der Waals surface area (Å²) in [5.74, 6) is 0.703. The van der Waals surface area contributed by atoms with E-state index in [1.165, 1.54) is 25.9 Å². The standard InChI is InChI=1S/C19H23N3OS2/c1-12-3-5-16(20-11-12)25-17-6-4-15(24-17)19(23)21-18-13(2)22-9-7-14(18)8-10-22/h3-6,11,13-14,18H,7-10H2,1-2H3,(H,21,23)/t13-,18-/m0/s1. The minimum absolute atomic E-state index is 0.0688. The first kappa shape index (κ1) is 17.1. The van der Waals surface area contributed by atoms with Crippen molar-refractivity contribution in [3.63, 3.8) is 0 Å². The zero-order valence-electron chi connectivity index (χ0n) is 14.6. The van der Waals surface area contributed by atoms with E-state index in [1.807, 2.05) is 31.3 Å². The summed E-state index contributed by atoms with van der Waals surface area (Å²) in [7, 11) is 0. The minimum atomic E-state index is 0.0688. The van der Waals surface area contributed by atoms with Crippen molar-refractivity contribution >= 4 is 29.0 Å². The average Bonchev–Trinajstić information content (AvgIpc) is 3.09. The molecule has 1 amide bonds. The van der Waals surface area contributed by atoms with Crippen LogP contribution in [0, 0.1) is 12.8 Å². The van der Waals surface area contributed by atoms with Gasteiger partial charge in [0, 0.05) is 18.3 Å². The number of nitrogens with one attached hydrogen (secondary N) is 1. The number of fused-ring (bicyclic) bond motifs is 3. The van der Waals surface area contributed by atoms with E-state index in [0.29, 0.717) is 12.0 Å². The van der Waals surface area contributed by atoms with Crippen LogP contribution in [0.15, 0.2) is 39.7 Å². The van der Waals surface area contributed by atoms with Crippen LogP contribution in [0.1, 0.15) is 35.0 Å². The zero-order valence-corrected chi connectivity index (χ0v) is 16.2. The maximum Gasteiger partial charge on any atom is 0.261 e. The lowest BCUT2D eigenvalue weighted by Crippen LogP contribution is -2.62. The van der Waals surface area contributed by atoms with E-state index in [0.717, 1.165) is 19.7 Å². The second-order valence-electron chi connectivity index (χ2n) is 7.01. The SMILES string of the molecule is Cc1ccc(Sc2ccc(C(=O)N[C@@H]3C4CCN(CC4)[C@H]3C)s2)nc1. The van der Waals surface area contributed by atoms with Crippen LogP contribution in [0.2, 0.25) is 0 Å². The van der Waals surface area contributed by atoms with Crippen LogP contribution < -0.4 is 5.32 Å². The van der Waals surface area contributed by atoms with Gasteiger partial charge >= 0.3 is 0 Å². The second kappa shape index (κ2) is 7.09. The van der Waals surface area contributed by atoms with Crippen LogP contribution in [0.5, 0.6) is 0 Å². The number of rotatable bonds is 4.